The van der Waals surface area contributed by atoms with Crippen LogP contribution in [0.4, 0.5) is 14.9 Å². The van der Waals surface area contributed by atoms with Gasteiger partial charge in [0.1, 0.15) is 11.6 Å². The lowest BCUT2D eigenvalue weighted by molar-refractivity contribution is 0.0711. The molecular weight excluding hydrogens is 451 g/mol. The van der Waals surface area contributed by atoms with Crippen LogP contribution in [0.2, 0.25) is 0 Å². The Balaban J connectivity index is 1.34. The smallest absolute Gasteiger partial charge is 0.407 e. The van der Waals surface area contributed by atoms with Crippen molar-refractivity contribution < 1.29 is 23.8 Å². The number of amides is 2. The van der Waals surface area contributed by atoms with Gasteiger partial charge < -0.3 is 19.6 Å². The molecule has 0 saturated carbocycles. The van der Waals surface area contributed by atoms with Crippen molar-refractivity contribution in [3.63, 3.8) is 0 Å². The third kappa shape index (κ3) is 5.93. The number of hydrogen-bond donors (Lipinski definition) is 1. The van der Waals surface area contributed by atoms with E-state index >= 15 is 0 Å². The van der Waals surface area contributed by atoms with Crippen molar-refractivity contribution in [3.05, 3.63) is 83.8 Å². The highest BCUT2D eigenvalue weighted by Crippen LogP contribution is 2.22. The van der Waals surface area contributed by atoms with Crippen LogP contribution < -0.4 is 9.64 Å². The molecule has 9 heteroatoms. The largest absolute Gasteiger partial charge is 0.465 e. The Kier molecular flexibility index (Phi) is 7.26. The van der Waals surface area contributed by atoms with E-state index < -0.39 is 6.09 Å². The topological polar surface area (TPSA) is 86.2 Å². The molecule has 8 nitrogen and oxygen atoms in total. The molecule has 1 aromatic heterocycles. The van der Waals surface area contributed by atoms with Crippen LogP contribution in [0.5, 0.6) is 11.6 Å². The average Bonchev–Trinajstić information content (AvgIpc) is 2.85. The van der Waals surface area contributed by atoms with Crippen molar-refractivity contribution in [1.29, 1.82) is 0 Å². The third-order valence-electron chi connectivity index (χ3n) is 6.01. The standard InChI is InChI=1S/C26H27FN4O4/c1-18-16-30(13-14-31(18)26(33)34)17-19-3-8-22(9-4-19)29(2)25(32)20-5-12-24(28-15-20)35-23-10-6-21(27)7-11-23/h3-12,15,18H,13-14,16-17H2,1-2H3,(H,33,34)/t18-/m0/s1. The maximum Gasteiger partial charge on any atom is 0.407 e. The number of nitrogens with zero attached hydrogens (tertiary/aromatic N) is 4. The number of anilines is 1. The summed E-state index contributed by atoms with van der Waals surface area (Å²) >= 11 is 0. The van der Waals surface area contributed by atoms with Crippen LogP contribution in [-0.2, 0) is 6.54 Å². The molecule has 1 saturated heterocycles. The highest BCUT2D eigenvalue weighted by Gasteiger charge is 2.27. The van der Waals surface area contributed by atoms with Crippen molar-refractivity contribution in [1.82, 2.24) is 14.8 Å². The second kappa shape index (κ2) is 10.5. The van der Waals surface area contributed by atoms with Gasteiger partial charge in [-0.15, -0.1) is 0 Å². The van der Waals surface area contributed by atoms with E-state index in [0.717, 1.165) is 17.8 Å². The molecule has 1 fully saturated rings. The minimum atomic E-state index is -0.876. The molecule has 2 aromatic carbocycles. The fourth-order valence-electron chi connectivity index (χ4n) is 4.05. The summed E-state index contributed by atoms with van der Waals surface area (Å²) in [6.45, 7) is 4.49. The summed E-state index contributed by atoms with van der Waals surface area (Å²) < 4.78 is 18.6. The monoisotopic (exact) mass is 478 g/mol. The van der Waals surface area contributed by atoms with Crippen LogP contribution >= 0.6 is 0 Å². The van der Waals surface area contributed by atoms with Crippen LogP contribution in [0.15, 0.2) is 66.9 Å². The zero-order valence-electron chi connectivity index (χ0n) is 19.6. The summed E-state index contributed by atoms with van der Waals surface area (Å²) in [5.41, 5.74) is 2.25. The molecule has 1 N–H and O–H groups in total. The van der Waals surface area contributed by atoms with Gasteiger partial charge >= 0.3 is 6.09 Å². The Morgan fingerprint density at radius 3 is 2.40 bits per heavy atom. The number of piperazine rings is 1. The van der Waals surface area contributed by atoms with Crippen molar-refractivity contribution in [3.8, 4) is 11.6 Å². The number of carbonyl (C=O) groups excluding carboxylic acids is 1. The Morgan fingerprint density at radius 1 is 1.09 bits per heavy atom. The lowest BCUT2D eigenvalue weighted by Gasteiger charge is -2.38. The molecule has 0 radical (unpaired) electrons. The Labute approximate surface area is 203 Å². The van der Waals surface area contributed by atoms with Crippen molar-refractivity contribution in [2.24, 2.45) is 0 Å². The van der Waals surface area contributed by atoms with Gasteiger partial charge in [0.15, 0.2) is 0 Å². The maximum atomic E-state index is 13.0. The number of carboxylic acid groups (broad SMARTS) is 1. The van der Waals surface area contributed by atoms with Gasteiger partial charge in [0, 0.05) is 57.2 Å². The number of pyridine rings is 1. The number of aromatic nitrogens is 1. The van der Waals surface area contributed by atoms with Gasteiger partial charge in [0.2, 0.25) is 5.88 Å². The summed E-state index contributed by atoms with van der Waals surface area (Å²) in [5.74, 6) is 0.194. The van der Waals surface area contributed by atoms with E-state index in [0.29, 0.717) is 36.8 Å². The molecule has 0 bridgehead atoms. The molecule has 2 heterocycles. The van der Waals surface area contributed by atoms with E-state index in [1.54, 1.807) is 24.1 Å². The molecule has 4 rings (SSSR count). The first kappa shape index (κ1) is 24.2. The first-order chi connectivity index (χ1) is 16.8. The normalized spacial score (nSPS) is 16.1. The van der Waals surface area contributed by atoms with Crippen LogP contribution in [0.3, 0.4) is 0 Å². The van der Waals surface area contributed by atoms with E-state index in [4.69, 9.17) is 4.74 Å². The van der Waals surface area contributed by atoms with Crippen LogP contribution in [0.25, 0.3) is 0 Å². The molecule has 1 atom stereocenters. The Hall–Kier alpha value is -3.98. The second-order valence-corrected chi connectivity index (χ2v) is 8.53. The zero-order chi connectivity index (χ0) is 24.9. The number of halogens is 1. The molecule has 1 aliphatic heterocycles. The number of carbonyl (C=O) groups is 2. The summed E-state index contributed by atoms with van der Waals surface area (Å²) in [5, 5.41) is 9.23. The van der Waals surface area contributed by atoms with Crippen LogP contribution in [0.1, 0.15) is 22.8 Å². The predicted octanol–water partition coefficient (Wildman–Crippen LogP) is 4.47. The van der Waals surface area contributed by atoms with Crippen LogP contribution in [0, 0.1) is 5.82 Å². The highest BCUT2D eigenvalue weighted by molar-refractivity contribution is 6.05. The van der Waals surface area contributed by atoms with Gasteiger partial charge in [-0.25, -0.2) is 14.2 Å². The van der Waals surface area contributed by atoms with Gasteiger partial charge in [-0.2, -0.15) is 0 Å². The summed E-state index contributed by atoms with van der Waals surface area (Å²) in [6, 6.07) is 16.5. The number of rotatable bonds is 6. The van der Waals surface area contributed by atoms with Gasteiger partial charge in [-0.1, -0.05) is 12.1 Å². The predicted molar refractivity (Wildman–Crippen MR) is 129 cm³/mol. The van der Waals surface area contributed by atoms with E-state index in [1.165, 1.54) is 35.4 Å². The highest BCUT2D eigenvalue weighted by atomic mass is 19.1. The Bertz CT molecular complexity index is 1170. The fraction of sp³-hybridized carbons (Fsp3) is 0.269. The molecule has 35 heavy (non-hydrogen) atoms. The molecule has 2 amide bonds. The molecule has 1 aliphatic rings. The van der Waals surface area contributed by atoms with Crippen LogP contribution in [-0.4, -0.2) is 64.6 Å². The van der Waals surface area contributed by atoms with Gasteiger partial charge in [0.25, 0.3) is 5.91 Å². The Morgan fingerprint density at radius 2 is 1.80 bits per heavy atom. The lowest BCUT2D eigenvalue weighted by Crippen LogP contribution is -2.53. The van der Waals surface area contributed by atoms with E-state index in [2.05, 4.69) is 9.88 Å². The molecule has 0 unspecified atom stereocenters. The number of ether oxygens (including phenoxy) is 1. The van der Waals surface area contributed by atoms with Gasteiger partial charge in [-0.3, -0.25) is 9.69 Å². The quantitative estimate of drug-likeness (QED) is 0.563. The van der Waals surface area contributed by atoms with Crippen molar-refractivity contribution in [2.75, 3.05) is 31.6 Å². The van der Waals surface area contributed by atoms with Crippen molar-refractivity contribution >= 4 is 17.7 Å². The SMILES string of the molecule is C[C@H]1CN(Cc2ccc(N(C)C(=O)c3ccc(Oc4ccc(F)cc4)nc3)cc2)CCN1C(=O)O. The minimum absolute atomic E-state index is 0.0506. The molecule has 3 aromatic rings. The zero-order valence-corrected chi connectivity index (χ0v) is 19.6. The van der Waals surface area contributed by atoms with Crippen molar-refractivity contribution in [2.45, 2.75) is 19.5 Å². The molecule has 0 aliphatic carbocycles. The average molecular weight is 479 g/mol. The summed E-state index contributed by atoms with van der Waals surface area (Å²) in [7, 11) is 1.70. The third-order valence-corrected chi connectivity index (χ3v) is 6.01. The number of hydrogen-bond acceptors (Lipinski definition) is 5. The molecule has 0 spiro atoms. The number of benzene rings is 2. The summed E-state index contributed by atoms with van der Waals surface area (Å²) in [4.78, 5) is 33.6. The molecular formula is C26H27FN4O4. The fourth-order valence-corrected chi connectivity index (χ4v) is 4.05. The summed E-state index contributed by atoms with van der Waals surface area (Å²) in [6.07, 6.45) is 0.573. The van der Waals surface area contributed by atoms with Gasteiger partial charge in [0.05, 0.1) is 5.56 Å². The van der Waals surface area contributed by atoms with E-state index in [1.807, 2.05) is 31.2 Å². The lowest BCUT2D eigenvalue weighted by atomic mass is 10.1. The van der Waals surface area contributed by atoms with E-state index in [9.17, 15) is 19.1 Å². The maximum absolute atomic E-state index is 13.0. The first-order valence-corrected chi connectivity index (χ1v) is 11.3. The van der Waals surface area contributed by atoms with Gasteiger partial charge in [-0.05, 0) is 55.0 Å². The minimum Gasteiger partial charge on any atom is -0.465 e. The van der Waals surface area contributed by atoms with E-state index in [-0.39, 0.29) is 17.8 Å². The first-order valence-electron chi connectivity index (χ1n) is 11.3. The second-order valence-electron chi connectivity index (χ2n) is 8.53. The molecule has 182 valence electrons.